The van der Waals surface area contributed by atoms with E-state index in [1.54, 1.807) is 7.11 Å². The first kappa shape index (κ1) is 8.75. The van der Waals surface area contributed by atoms with Crippen LogP contribution in [0.15, 0.2) is 11.1 Å². The second-order valence-corrected chi connectivity index (χ2v) is 2.99. The van der Waals surface area contributed by atoms with Crippen LogP contribution >= 0.6 is 11.6 Å². The Morgan fingerprint density at radius 2 is 2.36 bits per heavy atom. The summed E-state index contributed by atoms with van der Waals surface area (Å²) in [7, 11) is 1.63. The number of hydrogen-bond donors (Lipinski definition) is 0. The predicted molar refractivity (Wildman–Crippen MR) is 43.6 cm³/mol. The third kappa shape index (κ3) is 2.04. The van der Waals surface area contributed by atoms with Gasteiger partial charge in [-0.05, 0) is 36.4 Å². The molecule has 11 heavy (non-hydrogen) atoms. The zero-order valence-corrected chi connectivity index (χ0v) is 7.28. The molecule has 0 N–H and O–H groups in total. The van der Waals surface area contributed by atoms with Crippen molar-refractivity contribution in [1.29, 1.82) is 0 Å². The minimum absolute atomic E-state index is 0.311. The molecule has 0 aliphatic heterocycles. The van der Waals surface area contributed by atoms with Crippen molar-refractivity contribution in [3.63, 3.8) is 0 Å². The van der Waals surface area contributed by atoms with Gasteiger partial charge in [-0.25, -0.2) is 0 Å². The summed E-state index contributed by atoms with van der Waals surface area (Å²) in [6, 6.07) is 0. The number of rotatable bonds is 3. The van der Waals surface area contributed by atoms with Gasteiger partial charge in [0.2, 0.25) is 5.24 Å². The van der Waals surface area contributed by atoms with Gasteiger partial charge in [-0.1, -0.05) is 0 Å². The van der Waals surface area contributed by atoms with Crippen LogP contribution < -0.4 is 0 Å². The molecule has 0 radical (unpaired) electrons. The Labute approximate surface area is 71.2 Å². The van der Waals surface area contributed by atoms with E-state index in [9.17, 15) is 4.79 Å². The molecule has 0 saturated heterocycles. The highest BCUT2D eigenvalue weighted by Gasteiger charge is 2.18. The lowest BCUT2D eigenvalue weighted by molar-refractivity contribution is -0.108. The van der Waals surface area contributed by atoms with E-state index in [0.717, 1.165) is 30.4 Å². The molecule has 1 aliphatic rings. The molecule has 0 unspecified atom stereocenters. The molecule has 0 aromatic heterocycles. The largest absolute Gasteiger partial charge is 0.380 e. The fourth-order valence-electron chi connectivity index (χ4n) is 1.38. The van der Waals surface area contributed by atoms with Crippen LogP contribution in [0.1, 0.15) is 19.3 Å². The lowest BCUT2D eigenvalue weighted by Crippen LogP contribution is -1.98. The van der Waals surface area contributed by atoms with Crippen LogP contribution in [0.3, 0.4) is 0 Å². The Balaban J connectivity index is 2.69. The molecule has 0 amide bonds. The average molecular weight is 175 g/mol. The van der Waals surface area contributed by atoms with Crippen molar-refractivity contribution in [2.24, 2.45) is 0 Å². The van der Waals surface area contributed by atoms with Crippen molar-refractivity contribution in [2.45, 2.75) is 19.3 Å². The third-order valence-electron chi connectivity index (χ3n) is 1.89. The maximum absolute atomic E-state index is 10.8. The smallest absolute Gasteiger partial charge is 0.248 e. The standard InChI is InChI=1S/C8H11ClO2/c1-11-5-6-3-2-4-7(6)8(9)10/h2-5H2,1H3. The predicted octanol–water partition coefficient (Wildman–Crippen LogP) is 1.88. The van der Waals surface area contributed by atoms with Crippen LogP contribution in [-0.4, -0.2) is 19.0 Å². The van der Waals surface area contributed by atoms with Gasteiger partial charge in [0.05, 0.1) is 6.61 Å². The summed E-state index contributed by atoms with van der Waals surface area (Å²) >= 11 is 5.36. The first-order valence-corrected chi connectivity index (χ1v) is 4.03. The van der Waals surface area contributed by atoms with E-state index in [-0.39, 0.29) is 5.24 Å². The van der Waals surface area contributed by atoms with Crippen LogP contribution in [0.5, 0.6) is 0 Å². The van der Waals surface area contributed by atoms with Crippen LogP contribution in [0.2, 0.25) is 0 Å². The fourth-order valence-corrected chi connectivity index (χ4v) is 1.61. The minimum Gasteiger partial charge on any atom is -0.380 e. The highest BCUT2D eigenvalue weighted by atomic mass is 35.5. The van der Waals surface area contributed by atoms with Gasteiger partial charge >= 0.3 is 0 Å². The monoisotopic (exact) mass is 174 g/mol. The molecule has 2 nitrogen and oxygen atoms in total. The molecule has 62 valence electrons. The molecule has 0 fully saturated rings. The Morgan fingerprint density at radius 3 is 2.91 bits per heavy atom. The van der Waals surface area contributed by atoms with Crippen molar-refractivity contribution < 1.29 is 9.53 Å². The number of ether oxygens (including phenoxy) is 1. The van der Waals surface area contributed by atoms with Crippen molar-refractivity contribution in [3.05, 3.63) is 11.1 Å². The fraction of sp³-hybridized carbons (Fsp3) is 0.625. The molecule has 3 heteroatoms. The summed E-state index contributed by atoms with van der Waals surface area (Å²) in [5.41, 5.74) is 1.85. The molecule has 1 aliphatic carbocycles. The lowest BCUT2D eigenvalue weighted by Gasteiger charge is -2.00. The molecular formula is C8H11ClO2. The Hall–Kier alpha value is -0.340. The van der Waals surface area contributed by atoms with Gasteiger partial charge in [-0.2, -0.15) is 0 Å². The number of halogens is 1. The average Bonchev–Trinajstić information content (AvgIpc) is 2.36. The molecule has 0 heterocycles. The SMILES string of the molecule is COCC1=C(C(=O)Cl)CCC1. The van der Waals surface area contributed by atoms with Gasteiger partial charge in [-0.3, -0.25) is 4.79 Å². The molecule has 0 atom stereocenters. The van der Waals surface area contributed by atoms with Gasteiger partial charge in [-0.15, -0.1) is 0 Å². The summed E-state index contributed by atoms with van der Waals surface area (Å²) in [5.74, 6) is 0. The number of carbonyl (C=O) groups is 1. The van der Waals surface area contributed by atoms with E-state index in [2.05, 4.69) is 0 Å². The molecule has 0 bridgehead atoms. The summed E-state index contributed by atoms with van der Waals surface area (Å²) < 4.78 is 4.94. The molecule has 0 saturated carbocycles. The van der Waals surface area contributed by atoms with Crippen molar-refractivity contribution in [2.75, 3.05) is 13.7 Å². The maximum atomic E-state index is 10.8. The number of carbonyl (C=O) groups excluding carboxylic acids is 1. The number of hydrogen-bond acceptors (Lipinski definition) is 2. The summed E-state index contributed by atoms with van der Waals surface area (Å²) in [6.45, 7) is 0.549. The molecule has 1 rings (SSSR count). The number of allylic oxidation sites excluding steroid dienone is 1. The zero-order chi connectivity index (χ0) is 8.27. The lowest BCUT2D eigenvalue weighted by atomic mass is 10.2. The summed E-state index contributed by atoms with van der Waals surface area (Å²) in [5, 5.41) is -0.311. The van der Waals surface area contributed by atoms with Crippen molar-refractivity contribution in [3.8, 4) is 0 Å². The Bertz CT molecular complexity index is 196. The van der Waals surface area contributed by atoms with Gasteiger partial charge in [0.1, 0.15) is 0 Å². The highest BCUT2D eigenvalue weighted by molar-refractivity contribution is 6.67. The quantitative estimate of drug-likeness (QED) is 0.611. The van der Waals surface area contributed by atoms with Gasteiger partial charge < -0.3 is 4.74 Å². The van der Waals surface area contributed by atoms with E-state index in [1.165, 1.54) is 0 Å². The Kier molecular flexibility index (Phi) is 3.09. The third-order valence-corrected chi connectivity index (χ3v) is 2.12. The second-order valence-electron chi connectivity index (χ2n) is 2.64. The van der Waals surface area contributed by atoms with Crippen LogP contribution in [0.25, 0.3) is 0 Å². The van der Waals surface area contributed by atoms with E-state index in [0.29, 0.717) is 6.61 Å². The van der Waals surface area contributed by atoms with Gasteiger partial charge in [0.15, 0.2) is 0 Å². The topological polar surface area (TPSA) is 26.3 Å². The van der Waals surface area contributed by atoms with Crippen LogP contribution in [0, 0.1) is 0 Å². The second kappa shape index (κ2) is 3.88. The molecular weight excluding hydrogens is 164 g/mol. The number of methoxy groups -OCH3 is 1. The van der Waals surface area contributed by atoms with E-state index < -0.39 is 0 Å². The Morgan fingerprint density at radius 1 is 1.64 bits per heavy atom. The van der Waals surface area contributed by atoms with E-state index in [1.807, 2.05) is 0 Å². The van der Waals surface area contributed by atoms with E-state index >= 15 is 0 Å². The maximum Gasteiger partial charge on any atom is 0.248 e. The summed E-state index contributed by atoms with van der Waals surface area (Å²) in [6.07, 6.45) is 2.81. The van der Waals surface area contributed by atoms with Gasteiger partial charge in [0, 0.05) is 12.7 Å². The van der Waals surface area contributed by atoms with Crippen molar-refractivity contribution >= 4 is 16.8 Å². The minimum atomic E-state index is -0.311. The van der Waals surface area contributed by atoms with Crippen molar-refractivity contribution in [1.82, 2.24) is 0 Å². The first-order valence-electron chi connectivity index (χ1n) is 3.65. The molecule has 0 aromatic rings. The summed E-state index contributed by atoms with van der Waals surface area (Å²) in [4.78, 5) is 10.8. The highest BCUT2D eigenvalue weighted by Crippen LogP contribution is 2.27. The first-order chi connectivity index (χ1) is 5.25. The zero-order valence-electron chi connectivity index (χ0n) is 6.52. The molecule has 0 aromatic carbocycles. The van der Waals surface area contributed by atoms with E-state index in [4.69, 9.17) is 16.3 Å². The van der Waals surface area contributed by atoms with Crippen LogP contribution in [0.4, 0.5) is 0 Å². The normalized spacial score (nSPS) is 17.6. The van der Waals surface area contributed by atoms with Crippen LogP contribution in [-0.2, 0) is 9.53 Å². The van der Waals surface area contributed by atoms with Gasteiger partial charge in [0.25, 0.3) is 0 Å². The molecule has 0 spiro atoms.